The van der Waals surface area contributed by atoms with Gasteiger partial charge in [0.15, 0.2) is 0 Å². The quantitative estimate of drug-likeness (QED) is 0.625. The zero-order valence-corrected chi connectivity index (χ0v) is 15.5. The molecule has 5 atom stereocenters. The molecule has 4 aliphatic rings. The first kappa shape index (κ1) is 17.4. The molecule has 4 saturated carbocycles. The van der Waals surface area contributed by atoms with Gasteiger partial charge in [0.2, 0.25) is 5.95 Å². The van der Waals surface area contributed by atoms with Crippen molar-refractivity contribution >= 4 is 23.4 Å². The Kier molecular flexibility index (Phi) is 3.97. The number of primary amides is 1. The van der Waals surface area contributed by atoms with Crippen LogP contribution < -0.4 is 16.4 Å². The summed E-state index contributed by atoms with van der Waals surface area (Å²) < 4.78 is 0. The second-order valence-corrected chi connectivity index (χ2v) is 8.54. The van der Waals surface area contributed by atoms with Crippen LogP contribution in [0.1, 0.15) is 42.5 Å². The molecular weight excluding hydrogens is 356 g/mol. The van der Waals surface area contributed by atoms with Gasteiger partial charge in [-0.05, 0) is 55.9 Å². The van der Waals surface area contributed by atoms with Crippen LogP contribution in [-0.2, 0) is 0 Å². The fourth-order valence-corrected chi connectivity index (χ4v) is 5.71. The summed E-state index contributed by atoms with van der Waals surface area (Å²) in [6.45, 7) is 0. The standard InChI is InChI=1S/C20H24N6O2/c21-18(27)14-10-24-16(26-19-22-2-1-3-23-19)6-15(14)25-17-12-4-11-5-13(17)9-20(28,7-11)8-12/h1-3,6,10-13,17,28H,4-5,7-9H2,(H2,21,27)(H2,22,23,24,25,26)/t11?,12-,13?,17?,20?/m0/s1. The number of carbonyl (C=O) groups is 1. The summed E-state index contributed by atoms with van der Waals surface area (Å²) in [7, 11) is 0. The van der Waals surface area contributed by atoms with E-state index in [9.17, 15) is 9.90 Å². The van der Waals surface area contributed by atoms with E-state index in [1.165, 1.54) is 6.20 Å². The third-order valence-electron chi connectivity index (χ3n) is 6.54. The fraction of sp³-hybridized carbons (Fsp3) is 0.500. The topological polar surface area (TPSA) is 126 Å². The van der Waals surface area contributed by atoms with Crippen molar-refractivity contribution in [1.29, 1.82) is 0 Å². The van der Waals surface area contributed by atoms with Gasteiger partial charge in [-0.3, -0.25) is 4.79 Å². The molecule has 6 rings (SSSR count). The predicted molar refractivity (Wildman–Crippen MR) is 104 cm³/mol. The van der Waals surface area contributed by atoms with Gasteiger partial charge in [0.1, 0.15) is 5.82 Å². The van der Waals surface area contributed by atoms with Crippen molar-refractivity contribution in [3.63, 3.8) is 0 Å². The maximum Gasteiger partial charge on any atom is 0.252 e. The molecule has 0 radical (unpaired) electrons. The number of hydrogen-bond donors (Lipinski definition) is 4. The normalized spacial score (nSPS) is 32.9. The van der Waals surface area contributed by atoms with E-state index in [0.717, 1.165) is 32.1 Å². The van der Waals surface area contributed by atoms with Gasteiger partial charge in [-0.2, -0.15) is 0 Å². The van der Waals surface area contributed by atoms with Crippen LogP contribution in [0.3, 0.4) is 0 Å². The second-order valence-electron chi connectivity index (χ2n) is 8.54. The van der Waals surface area contributed by atoms with Crippen molar-refractivity contribution in [2.45, 2.75) is 43.7 Å². The molecular formula is C20H24N6O2. The Morgan fingerprint density at radius 2 is 1.86 bits per heavy atom. The average molecular weight is 380 g/mol. The van der Waals surface area contributed by atoms with Crippen LogP contribution in [0, 0.1) is 17.8 Å². The van der Waals surface area contributed by atoms with Gasteiger partial charge < -0.3 is 21.5 Å². The monoisotopic (exact) mass is 380 g/mol. The summed E-state index contributed by atoms with van der Waals surface area (Å²) in [6, 6.07) is 3.76. The average Bonchev–Trinajstić information content (AvgIpc) is 2.64. The number of aliphatic hydroxyl groups is 1. The molecule has 5 N–H and O–H groups in total. The lowest BCUT2D eigenvalue weighted by atomic mass is 9.52. The summed E-state index contributed by atoms with van der Waals surface area (Å²) in [5, 5.41) is 17.4. The Bertz CT molecular complexity index is 889. The number of nitrogens with one attached hydrogen (secondary N) is 2. The fourth-order valence-electron chi connectivity index (χ4n) is 5.71. The zero-order chi connectivity index (χ0) is 19.3. The third kappa shape index (κ3) is 3.07. The van der Waals surface area contributed by atoms with E-state index in [4.69, 9.17) is 5.73 Å². The van der Waals surface area contributed by atoms with E-state index < -0.39 is 11.5 Å². The number of carbonyl (C=O) groups excluding carboxylic acids is 1. The van der Waals surface area contributed by atoms with Crippen molar-refractivity contribution in [1.82, 2.24) is 15.0 Å². The molecule has 2 aromatic heterocycles. The van der Waals surface area contributed by atoms with E-state index in [-0.39, 0.29) is 6.04 Å². The molecule has 4 unspecified atom stereocenters. The van der Waals surface area contributed by atoms with E-state index in [1.54, 1.807) is 24.5 Å². The number of nitrogens with zero attached hydrogens (tertiary/aromatic N) is 3. The molecule has 0 spiro atoms. The summed E-state index contributed by atoms with van der Waals surface area (Å²) in [5.41, 5.74) is 6.13. The molecule has 4 fully saturated rings. The van der Waals surface area contributed by atoms with Crippen LogP contribution in [0.15, 0.2) is 30.7 Å². The molecule has 8 nitrogen and oxygen atoms in total. The zero-order valence-electron chi connectivity index (χ0n) is 15.5. The minimum atomic E-state index is -0.514. The predicted octanol–water partition coefficient (Wildman–Crippen LogP) is 2.07. The summed E-state index contributed by atoms with van der Waals surface area (Å²) in [5.74, 6) is 1.92. The largest absolute Gasteiger partial charge is 0.390 e. The number of nitrogens with two attached hydrogens (primary N) is 1. The van der Waals surface area contributed by atoms with Crippen molar-refractivity contribution in [3.05, 3.63) is 36.3 Å². The first-order valence-corrected chi connectivity index (χ1v) is 9.82. The molecule has 0 saturated heterocycles. The molecule has 4 bridgehead atoms. The van der Waals surface area contributed by atoms with Gasteiger partial charge in [-0.25, -0.2) is 15.0 Å². The first-order chi connectivity index (χ1) is 13.5. The van der Waals surface area contributed by atoms with Crippen LogP contribution in [0.4, 0.5) is 17.5 Å². The van der Waals surface area contributed by atoms with Crippen LogP contribution in [0.2, 0.25) is 0 Å². The number of amides is 1. The molecule has 0 aromatic carbocycles. The highest BCUT2D eigenvalue weighted by atomic mass is 16.3. The van der Waals surface area contributed by atoms with E-state index in [1.807, 2.05) is 0 Å². The molecule has 2 aromatic rings. The molecule has 0 aliphatic heterocycles. The lowest BCUT2D eigenvalue weighted by molar-refractivity contribution is -0.129. The van der Waals surface area contributed by atoms with Gasteiger partial charge in [-0.1, -0.05) is 0 Å². The van der Waals surface area contributed by atoms with E-state index in [2.05, 4.69) is 25.6 Å². The van der Waals surface area contributed by atoms with Gasteiger partial charge in [0.05, 0.1) is 16.9 Å². The Morgan fingerprint density at radius 1 is 1.14 bits per heavy atom. The van der Waals surface area contributed by atoms with Gasteiger partial charge in [0.25, 0.3) is 5.91 Å². The maximum atomic E-state index is 11.9. The Morgan fingerprint density at radius 3 is 2.50 bits per heavy atom. The van der Waals surface area contributed by atoms with Gasteiger partial charge in [0, 0.05) is 30.7 Å². The summed E-state index contributed by atoms with van der Waals surface area (Å²) in [4.78, 5) is 24.5. The Labute approximate surface area is 163 Å². The molecule has 1 amide bonds. The lowest BCUT2D eigenvalue weighted by Crippen LogP contribution is -2.59. The SMILES string of the molecule is NC(=O)c1cnc(Nc2ncccn2)cc1NC1C2CC3C[C@H]1CC(O)(C3)C2. The molecule has 8 heteroatoms. The number of pyridine rings is 1. The smallest absolute Gasteiger partial charge is 0.252 e. The van der Waals surface area contributed by atoms with Crippen LogP contribution in [-0.4, -0.2) is 37.6 Å². The van der Waals surface area contributed by atoms with Crippen molar-refractivity contribution < 1.29 is 9.90 Å². The van der Waals surface area contributed by atoms with E-state index in [0.29, 0.717) is 40.8 Å². The van der Waals surface area contributed by atoms with E-state index >= 15 is 0 Å². The Balaban J connectivity index is 1.42. The summed E-state index contributed by atoms with van der Waals surface area (Å²) >= 11 is 0. The van der Waals surface area contributed by atoms with Crippen LogP contribution in [0.25, 0.3) is 0 Å². The van der Waals surface area contributed by atoms with Crippen molar-refractivity contribution in [2.75, 3.05) is 10.6 Å². The lowest BCUT2D eigenvalue weighted by Gasteiger charge is -2.58. The number of hydrogen-bond acceptors (Lipinski definition) is 7. The highest BCUT2D eigenvalue weighted by Crippen LogP contribution is 2.56. The minimum Gasteiger partial charge on any atom is -0.390 e. The minimum absolute atomic E-state index is 0.234. The Hall–Kier alpha value is -2.74. The van der Waals surface area contributed by atoms with Gasteiger partial charge >= 0.3 is 0 Å². The van der Waals surface area contributed by atoms with Crippen molar-refractivity contribution in [3.8, 4) is 0 Å². The first-order valence-electron chi connectivity index (χ1n) is 9.82. The number of aromatic nitrogens is 3. The third-order valence-corrected chi connectivity index (χ3v) is 6.54. The highest BCUT2D eigenvalue weighted by molar-refractivity contribution is 5.98. The van der Waals surface area contributed by atoms with Crippen molar-refractivity contribution in [2.24, 2.45) is 23.5 Å². The number of rotatable bonds is 5. The van der Waals surface area contributed by atoms with Crippen LogP contribution in [0.5, 0.6) is 0 Å². The maximum absolute atomic E-state index is 11.9. The molecule has 28 heavy (non-hydrogen) atoms. The summed E-state index contributed by atoms with van der Waals surface area (Å²) in [6.07, 6.45) is 9.65. The molecule has 146 valence electrons. The van der Waals surface area contributed by atoms with Gasteiger partial charge in [-0.15, -0.1) is 0 Å². The molecule has 4 aliphatic carbocycles. The second kappa shape index (κ2) is 6.41. The van der Waals surface area contributed by atoms with Crippen LogP contribution >= 0.6 is 0 Å². The highest BCUT2D eigenvalue weighted by Gasteiger charge is 2.54. The number of anilines is 3. The molecule has 2 heterocycles.